The number of aromatic nitrogens is 2. The molecule has 0 unspecified atom stereocenters. The van der Waals surface area contributed by atoms with Gasteiger partial charge in [-0.15, -0.1) is 0 Å². The summed E-state index contributed by atoms with van der Waals surface area (Å²) in [6.45, 7) is 0. The Labute approximate surface area is 105 Å². The van der Waals surface area contributed by atoms with Gasteiger partial charge in [0.05, 0.1) is 26.9 Å². The molecular weight excluding hydrogens is 232 g/mol. The van der Waals surface area contributed by atoms with Crippen molar-refractivity contribution in [2.75, 3.05) is 21.3 Å². The summed E-state index contributed by atoms with van der Waals surface area (Å²) in [5, 5.41) is 0. The molecule has 0 aliphatic heterocycles. The lowest BCUT2D eigenvalue weighted by Crippen LogP contribution is -1.96. The first-order chi connectivity index (χ1) is 8.80. The van der Waals surface area contributed by atoms with E-state index in [0.29, 0.717) is 17.3 Å². The summed E-state index contributed by atoms with van der Waals surface area (Å²) in [6.07, 6.45) is 3.19. The Balaban J connectivity index is 2.60. The first-order valence-corrected chi connectivity index (χ1v) is 5.37. The molecule has 94 valence electrons. The minimum Gasteiger partial charge on any atom is -0.497 e. The van der Waals surface area contributed by atoms with Crippen LogP contribution in [0.1, 0.15) is 0 Å². The van der Waals surface area contributed by atoms with Gasteiger partial charge in [-0.25, -0.2) is 9.97 Å². The molecule has 1 aromatic carbocycles. The lowest BCUT2D eigenvalue weighted by Gasteiger charge is -2.11. The molecule has 1 aromatic heterocycles. The maximum absolute atomic E-state index is 5.32. The normalized spacial score (nSPS) is 9.94. The van der Waals surface area contributed by atoms with Crippen molar-refractivity contribution >= 4 is 0 Å². The number of hydrogen-bond acceptors (Lipinski definition) is 5. The molecule has 0 fully saturated rings. The van der Waals surface area contributed by atoms with Crippen LogP contribution in [0, 0.1) is 0 Å². The topological polar surface area (TPSA) is 53.5 Å². The predicted molar refractivity (Wildman–Crippen MR) is 67.1 cm³/mol. The maximum Gasteiger partial charge on any atom is 0.240 e. The molecule has 18 heavy (non-hydrogen) atoms. The van der Waals surface area contributed by atoms with Crippen molar-refractivity contribution in [1.29, 1.82) is 0 Å². The summed E-state index contributed by atoms with van der Waals surface area (Å²) in [6, 6.07) is 5.48. The second-order valence-electron chi connectivity index (χ2n) is 3.48. The number of nitrogens with zero attached hydrogens (tertiary/aromatic N) is 2. The molecule has 0 N–H and O–H groups in total. The highest BCUT2D eigenvalue weighted by molar-refractivity contribution is 5.72. The van der Waals surface area contributed by atoms with E-state index in [-0.39, 0.29) is 0 Å². The monoisotopic (exact) mass is 246 g/mol. The number of ether oxygens (including phenoxy) is 3. The Kier molecular flexibility index (Phi) is 3.62. The molecule has 5 heteroatoms. The minimum absolute atomic E-state index is 0.448. The van der Waals surface area contributed by atoms with Crippen LogP contribution in [0.4, 0.5) is 0 Å². The third-order valence-electron chi connectivity index (χ3n) is 2.52. The Morgan fingerprint density at radius 1 is 0.889 bits per heavy atom. The smallest absolute Gasteiger partial charge is 0.240 e. The fraction of sp³-hybridized carbons (Fsp3) is 0.231. The van der Waals surface area contributed by atoms with Crippen molar-refractivity contribution in [2.24, 2.45) is 0 Å². The Bertz CT molecular complexity index is 544. The van der Waals surface area contributed by atoms with Gasteiger partial charge in [0.2, 0.25) is 5.88 Å². The van der Waals surface area contributed by atoms with E-state index in [2.05, 4.69) is 9.97 Å². The Morgan fingerprint density at radius 3 is 2.33 bits per heavy atom. The van der Waals surface area contributed by atoms with E-state index in [0.717, 1.165) is 11.3 Å². The molecule has 0 spiro atoms. The highest BCUT2D eigenvalue weighted by Crippen LogP contribution is 2.35. The van der Waals surface area contributed by atoms with Gasteiger partial charge in [0.25, 0.3) is 0 Å². The van der Waals surface area contributed by atoms with Crippen LogP contribution >= 0.6 is 0 Å². The van der Waals surface area contributed by atoms with Crippen molar-refractivity contribution in [3.05, 3.63) is 30.6 Å². The van der Waals surface area contributed by atoms with E-state index < -0.39 is 0 Å². The third kappa shape index (κ3) is 2.20. The molecule has 0 aliphatic rings. The number of benzene rings is 1. The average Bonchev–Trinajstić information content (AvgIpc) is 2.46. The Morgan fingerprint density at radius 2 is 1.67 bits per heavy atom. The molecule has 5 nitrogen and oxygen atoms in total. The zero-order valence-corrected chi connectivity index (χ0v) is 10.5. The highest BCUT2D eigenvalue weighted by atomic mass is 16.5. The number of hydrogen-bond donors (Lipinski definition) is 0. The molecular formula is C13H14N2O3. The van der Waals surface area contributed by atoms with Crippen LogP contribution in [0.2, 0.25) is 0 Å². The lowest BCUT2D eigenvalue weighted by atomic mass is 10.1. The summed E-state index contributed by atoms with van der Waals surface area (Å²) in [5.41, 5.74) is 1.40. The molecule has 1 heterocycles. The largest absolute Gasteiger partial charge is 0.497 e. The van der Waals surface area contributed by atoms with Crippen LogP contribution < -0.4 is 14.2 Å². The van der Waals surface area contributed by atoms with Crippen LogP contribution in [0.25, 0.3) is 11.3 Å². The van der Waals surface area contributed by atoms with Crippen molar-refractivity contribution in [3.8, 4) is 28.6 Å². The number of rotatable bonds is 4. The van der Waals surface area contributed by atoms with Gasteiger partial charge in [-0.05, 0) is 18.2 Å². The van der Waals surface area contributed by atoms with Crippen LogP contribution in [0.5, 0.6) is 17.4 Å². The van der Waals surface area contributed by atoms with E-state index in [1.165, 1.54) is 0 Å². The molecule has 0 radical (unpaired) electrons. The van der Waals surface area contributed by atoms with Crippen LogP contribution in [0.3, 0.4) is 0 Å². The average molecular weight is 246 g/mol. The van der Waals surface area contributed by atoms with Gasteiger partial charge in [0.1, 0.15) is 17.2 Å². The highest BCUT2D eigenvalue weighted by Gasteiger charge is 2.14. The van der Waals surface area contributed by atoms with Crippen molar-refractivity contribution in [1.82, 2.24) is 9.97 Å². The van der Waals surface area contributed by atoms with Crippen LogP contribution in [-0.2, 0) is 0 Å². The lowest BCUT2D eigenvalue weighted by molar-refractivity contribution is 0.394. The molecule has 0 saturated heterocycles. The van der Waals surface area contributed by atoms with Gasteiger partial charge in [0, 0.05) is 12.4 Å². The molecule has 2 aromatic rings. The van der Waals surface area contributed by atoms with Gasteiger partial charge in [-0.3, -0.25) is 0 Å². The summed E-state index contributed by atoms with van der Waals surface area (Å²) < 4.78 is 15.7. The maximum atomic E-state index is 5.32. The van der Waals surface area contributed by atoms with Crippen LogP contribution in [-0.4, -0.2) is 31.3 Å². The van der Waals surface area contributed by atoms with Crippen molar-refractivity contribution in [3.63, 3.8) is 0 Å². The molecule has 0 bridgehead atoms. The Hall–Kier alpha value is -2.30. The van der Waals surface area contributed by atoms with Crippen molar-refractivity contribution in [2.45, 2.75) is 0 Å². The molecule has 0 saturated carbocycles. The summed E-state index contributed by atoms with van der Waals surface area (Å²) in [4.78, 5) is 8.40. The molecule has 2 rings (SSSR count). The second kappa shape index (κ2) is 5.35. The van der Waals surface area contributed by atoms with E-state index in [1.807, 2.05) is 18.2 Å². The fourth-order valence-corrected chi connectivity index (χ4v) is 1.66. The molecule has 0 atom stereocenters. The van der Waals surface area contributed by atoms with Crippen molar-refractivity contribution < 1.29 is 14.2 Å². The van der Waals surface area contributed by atoms with E-state index in [4.69, 9.17) is 14.2 Å². The molecule has 0 aliphatic carbocycles. The summed E-state index contributed by atoms with van der Waals surface area (Å²) in [7, 11) is 4.77. The zero-order valence-electron chi connectivity index (χ0n) is 10.5. The molecule has 0 amide bonds. The third-order valence-corrected chi connectivity index (χ3v) is 2.52. The SMILES string of the molecule is COc1ccc(OC)c(-c2nccnc2OC)c1. The first-order valence-electron chi connectivity index (χ1n) is 5.37. The van der Waals surface area contributed by atoms with Gasteiger partial charge in [-0.2, -0.15) is 0 Å². The standard InChI is InChI=1S/C13H14N2O3/c1-16-9-4-5-11(17-2)10(8-9)12-13(18-3)15-7-6-14-12/h4-8H,1-3H3. The number of methoxy groups -OCH3 is 3. The quantitative estimate of drug-likeness (QED) is 0.827. The van der Waals surface area contributed by atoms with Gasteiger partial charge in [0.15, 0.2) is 0 Å². The summed E-state index contributed by atoms with van der Waals surface area (Å²) in [5.74, 6) is 1.86. The van der Waals surface area contributed by atoms with Crippen LogP contribution in [0.15, 0.2) is 30.6 Å². The van der Waals surface area contributed by atoms with Gasteiger partial charge < -0.3 is 14.2 Å². The second-order valence-corrected chi connectivity index (χ2v) is 3.48. The zero-order chi connectivity index (χ0) is 13.0. The summed E-state index contributed by atoms with van der Waals surface area (Å²) >= 11 is 0. The minimum atomic E-state index is 0.448. The van der Waals surface area contributed by atoms with E-state index in [1.54, 1.807) is 33.7 Å². The fourth-order valence-electron chi connectivity index (χ4n) is 1.66. The predicted octanol–water partition coefficient (Wildman–Crippen LogP) is 2.17. The van der Waals surface area contributed by atoms with Gasteiger partial charge >= 0.3 is 0 Å². The first kappa shape index (κ1) is 12.2. The van der Waals surface area contributed by atoms with E-state index in [9.17, 15) is 0 Å². The van der Waals surface area contributed by atoms with E-state index >= 15 is 0 Å². The van der Waals surface area contributed by atoms with Gasteiger partial charge in [-0.1, -0.05) is 0 Å².